The first-order chi connectivity index (χ1) is 12.0. The first-order valence-corrected chi connectivity index (χ1v) is 9.42. The van der Waals surface area contributed by atoms with Crippen molar-refractivity contribution in [1.82, 2.24) is 10.2 Å². The molecule has 3 unspecified atom stereocenters. The zero-order chi connectivity index (χ0) is 17.8. The number of nitrogens with zero attached hydrogens (tertiary/aromatic N) is 1. The zero-order valence-electron chi connectivity index (χ0n) is 15.3. The normalized spacial score (nSPS) is 25.6. The van der Waals surface area contributed by atoms with Gasteiger partial charge in [-0.1, -0.05) is 24.6 Å². The Bertz CT molecular complexity index is 584. The number of aryl methyl sites for hydroxylation is 2. The van der Waals surface area contributed by atoms with Gasteiger partial charge >= 0.3 is 0 Å². The molecule has 5 heteroatoms. The Morgan fingerprint density at radius 2 is 2.08 bits per heavy atom. The van der Waals surface area contributed by atoms with E-state index in [1.54, 1.807) is 0 Å². The predicted molar refractivity (Wildman–Crippen MR) is 97.7 cm³/mol. The zero-order valence-corrected chi connectivity index (χ0v) is 15.3. The van der Waals surface area contributed by atoms with Gasteiger partial charge in [0.05, 0.1) is 0 Å². The molecule has 0 aliphatic carbocycles. The Hall–Kier alpha value is -1.59. The van der Waals surface area contributed by atoms with Crippen LogP contribution in [0.4, 0.5) is 0 Å². The molecule has 5 nitrogen and oxygen atoms in total. The van der Waals surface area contributed by atoms with Gasteiger partial charge in [-0.05, 0) is 44.4 Å². The number of benzene rings is 1. The van der Waals surface area contributed by atoms with Gasteiger partial charge in [-0.15, -0.1) is 0 Å². The SMILES string of the molecule is Cc1cccc(C)c1OCC(O)CN1CCCCC1C1CNC(=O)C1. The summed E-state index contributed by atoms with van der Waals surface area (Å²) >= 11 is 0. The van der Waals surface area contributed by atoms with Crippen molar-refractivity contribution >= 4 is 5.91 Å². The van der Waals surface area contributed by atoms with E-state index in [0.29, 0.717) is 31.5 Å². The maximum Gasteiger partial charge on any atom is 0.220 e. The third-order valence-corrected chi connectivity index (χ3v) is 5.49. The lowest BCUT2D eigenvalue weighted by atomic mass is 9.89. The second kappa shape index (κ2) is 8.19. The number of ether oxygens (including phenoxy) is 1. The van der Waals surface area contributed by atoms with Crippen LogP contribution in [0.5, 0.6) is 5.75 Å². The molecule has 25 heavy (non-hydrogen) atoms. The topological polar surface area (TPSA) is 61.8 Å². The Kier molecular flexibility index (Phi) is 5.97. The van der Waals surface area contributed by atoms with Crippen molar-refractivity contribution in [2.75, 3.05) is 26.2 Å². The molecule has 0 saturated carbocycles. The van der Waals surface area contributed by atoms with E-state index < -0.39 is 6.10 Å². The molecule has 2 fully saturated rings. The number of hydrogen-bond donors (Lipinski definition) is 2. The monoisotopic (exact) mass is 346 g/mol. The van der Waals surface area contributed by atoms with Crippen molar-refractivity contribution in [2.24, 2.45) is 5.92 Å². The molecular formula is C20H30N2O3. The maximum atomic E-state index is 11.5. The van der Waals surface area contributed by atoms with Crippen LogP contribution in [-0.4, -0.2) is 54.3 Å². The number of carbonyl (C=O) groups excluding carboxylic acids is 1. The van der Waals surface area contributed by atoms with E-state index in [4.69, 9.17) is 4.74 Å². The second-order valence-corrected chi connectivity index (χ2v) is 7.51. The van der Waals surface area contributed by atoms with Gasteiger partial charge in [0, 0.05) is 31.5 Å². The molecule has 2 saturated heterocycles. The average molecular weight is 346 g/mol. The van der Waals surface area contributed by atoms with Crippen molar-refractivity contribution < 1.29 is 14.6 Å². The van der Waals surface area contributed by atoms with Gasteiger partial charge in [0.1, 0.15) is 18.5 Å². The Balaban J connectivity index is 1.55. The van der Waals surface area contributed by atoms with E-state index in [1.807, 2.05) is 32.0 Å². The van der Waals surface area contributed by atoms with Gasteiger partial charge in [-0.25, -0.2) is 0 Å². The number of nitrogens with one attached hydrogen (secondary N) is 1. The van der Waals surface area contributed by atoms with E-state index in [-0.39, 0.29) is 5.91 Å². The summed E-state index contributed by atoms with van der Waals surface area (Å²) in [7, 11) is 0. The molecule has 1 aromatic carbocycles. The summed E-state index contributed by atoms with van der Waals surface area (Å²) in [6, 6.07) is 6.46. The number of hydrogen-bond acceptors (Lipinski definition) is 4. The fourth-order valence-electron chi connectivity index (χ4n) is 4.21. The minimum Gasteiger partial charge on any atom is -0.490 e. The molecule has 2 aliphatic rings. The minimum absolute atomic E-state index is 0.162. The number of rotatable bonds is 6. The number of β-amino-alcohol motifs (C(OH)–C–C–N with tert-alkyl or cyclic N) is 1. The number of aliphatic hydroxyl groups excluding tert-OH is 1. The molecule has 0 aromatic heterocycles. The summed E-state index contributed by atoms with van der Waals surface area (Å²) in [4.78, 5) is 13.9. The van der Waals surface area contributed by atoms with Crippen LogP contribution in [0.15, 0.2) is 18.2 Å². The average Bonchev–Trinajstić information content (AvgIpc) is 3.01. The summed E-state index contributed by atoms with van der Waals surface area (Å²) in [5.74, 6) is 1.41. The van der Waals surface area contributed by atoms with E-state index in [2.05, 4.69) is 10.2 Å². The highest BCUT2D eigenvalue weighted by Gasteiger charge is 2.35. The Labute approximate surface area is 150 Å². The molecule has 0 bridgehead atoms. The second-order valence-electron chi connectivity index (χ2n) is 7.51. The van der Waals surface area contributed by atoms with E-state index in [1.165, 1.54) is 6.42 Å². The van der Waals surface area contributed by atoms with E-state index in [0.717, 1.165) is 42.8 Å². The number of likely N-dealkylation sites (tertiary alicyclic amines) is 1. The molecule has 0 spiro atoms. The Morgan fingerprint density at radius 3 is 2.76 bits per heavy atom. The first-order valence-electron chi connectivity index (χ1n) is 9.42. The van der Waals surface area contributed by atoms with Crippen molar-refractivity contribution in [2.45, 2.75) is 51.7 Å². The van der Waals surface area contributed by atoms with Crippen LogP contribution in [0.2, 0.25) is 0 Å². The van der Waals surface area contributed by atoms with Crippen LogP contribution in [0.3, 0.4) is 0 Å². The van der Waals surface area contributed by atoms with Crippen molar-refractivity contribution in [3.63, 3.8) is 0 Å². The molecule has 2 aliphatic heterocycles. The fraction of sp³-hybridized carbons (Fsp3) is 0.650. The van der Waals surface area contributed by atoms with Gasteiger partial charge < -0.3 is 15.2 Å². The fourth-order valence-corrected chi connectivity index (χ4v) is 4.21. The van der Waals surface area contributed by atoms with Crippen LogP contribution in [0.25, 0.3) is 0 Å². The summed E-state index contributed by atoms with van der Waals surface area (Å²) < 4.78 is 5.91. The highest BCUT2D eigenvalue weighted by atomic mass is 16.5. The summed E-state index contributed by atoms with van der Waals surface area (Å²) in [5, 5.41) is 13.5. The molecule has 3 rings (SSSR count). The van der Waals surface area contributed by atoms with Crippen LogP contribution >= 0.6 is 0 Å². The highest BCUT2D eigenvalue weighted by Crippen LogP contribution is 2.28. The van der Waals surface area contributed by atoms with Crippen LogP contribution in [-0.2, 0) is 4.79 Å². The van der Waals surface area contributed by atoms with E-state index >= 15 is 0 Å². The number of piperidine rings is 1. The van der Waals surface area contributed by atoms with Crippen LogP contribution < -0.4 is 10.1 Å². The molecule has 3 atom stereocenters. The summed E-state index contributed by atoms with van der Waals surface area (Å²) in [6.07, 6.45) is 3.58. The Morgan fingerprint density at radius 1 is 1.32 bits per heavy atom. The van der Waals surface area contributed by atoms with Crippen molar-refractivity contribution in [1.29, 1.82) is 0 Å². The van der Waals surface area contributed by atoms with Crippen LogP contribution in [0.1, 0.15) is 36.8 Å². The lowest BCUT2D eigenvalue weighted by Gasteiger charge is -2.39. The number of carbonyl (C=O) groups is 1. The molecule has 0 radical (unpaired) electrons. The molecule has 2 heterocycles. The summed E-state index contributed by atoms with van der Waals surface area (Å²) in [6.45, 7) is 6.74. The van der Waals surface area contributed by atoms with Crippen LogP contribution in [0, 0.1) is 19.8 Å². The predicted octanol–water partition coefficient (Wildman–Crippen LogP) is 2.03. The summed E-state index contributed by atoms with van der Waals surface area (Å²) in [5.41, 5.74) is 2.19. The number of para-hydroxylation sites is 1. The molecule has 2 N–H and O–H groups in total. The largest absolute Gasteiger partial charge is 0.490 e. The molecule has 138 valence electrons. The highest BCUT2D eigenvalue weighted by molar-refractivity contribution is 5.78. The van der Waals surface area contributed by atoms with Gasteiger partial charge in [0.2, 0.25) is 5.91 Å². The lowest BCUT2D eigenvalue weighted by Crippen LogP contribution is -2.48. The van der Waals surface area contributed by atoms with Gasteiger partial charge in [0.15, 0.2) is 0 Å². The van der Waals surface area contributed by atoms with E-state index in [9.17, 15) is 9.90 Å². The lowest BCUT2D eigenvalue weighted by molar-refractivity contribution is -0.119. The van der Waals surface area contributed by atoms with Crippen molar-refractivity contribution in [3.8, 4) is 5.75 Å². The van der Waals surface area contributed by atoms with Crippen molar-refractivity contribution in [3.05, 3.63) is 29.3 Å². The number of amides is 1. The van der Waals surface area contributed by atoms with Gasteiger partial charge in [-0.3, -0.25) is 9.69 Å². The maximum absolute atomic E-state index is 11.5. The van der Waals surface area contributed by atoms with Gasteiger partial charge in [-0.2, -0.15) is 0 Å². The standard InChI is InChI=1S/C20H30N2O3/c1-14-6-5-7-15(2)20(14)25-13-17(23)12-22-9-4-3-8-18(22)16-10-19(24)21-11-16/h5-7,16-18,23H,3-4,8-13H2,1-2H3,(H,21,24). The smallest absolute Gasteiger partial charge is 0.220 e. The molecule has 1 amide bonds. The number of aliphatic hydroxyl groups is 1. The third kappa shape index (κ3) is 4.53. The van der Waals surface area contributed by atoms with Gasteiger partial charge in [0.25, 0.3) is 0 Å². The minimum atomic E-state index is -0.523. The quantitative estimate of drug-likeness (QED) is 0.827. The molecule has 1 aromatic rings. The molecular weight excluding hydrogens is 316 g/mol. The first kappa shape index (κ1) is 18.2. The third-order valence-electron chi connectivity index (χ3n) is 5.49.